The van der Waals surface area contributed by atoms with Crippen LogP contribution in [0.25, 0.3) is 0 Å². The molecule has 2 unspecified atom stereocenters. The number of aromatic nitrogens is 2. The number of methoxy groups -OCH3 is 1. The lowest BCUT2D eigenvalue weighted by atomic mass is 9.93. The lowest BCUT2D eigenvalue weighted by molar-refractivity contribution is -0.142. The topological polar surface area (TPSA) is 84.7 Å². The molecule has 1 aromatic rings. The minimum Gasteiger partial charge on any atom is -0.481 e. The molecule has 21 heavy (non-hydrogen) atoms. The van der Waals surface area contributed by atoms with E-state index in [4.69, 9.17) is 4.74 Å². The minimum absolute atomic E-state index is 0.00959. The third-order valence-electron chi connectivity index (χ3n) is 3.94. The Morgan fingerprint density at radius 1 is 1.48 bits per heavy atom. The quantitative estimate of drug-likeness (QED) is 0.899. The van der Waals surface area contributed by atoms with E-state index >= 15 is 0 Å². The Kier molecular flexibility index (Phi) is 3.93. The van der Waals surface area contributed by atoms with Crippen LogP contribution >= 0.6 is 0 Å². The molecular weight excluding hydrogens is 274 g/mol. The van der Waals surface area contributed by atoms with Crippen molar-refractivity contribution in [1.82, 2.24) is 14.7 Å². The molecule has 0 aliphatic carbocycles. The molecule has 2 rings (SSSR count). The van der Waals surface area contributed by atoms with Gasteiger partial charge in [-0.2, -0.15) is 5.10 Å². The van der Waals surface area contributed by atoms with E-state index in [0.29, 0.717) is 17.1 Å². The van der Waals surface area contributed by atoms with Gasteiger partial charge in [0.1, 0.15) is 0 Å². The maximum atomic E-state index is 12.2. The van der Waals surface area contributed by atoms with E-state index in [-0.39, 0.29) is 18.4 Å². The maximum absolute atomic E-state index is 12.2. The molecule has 1 aromatic heterocycles. The summed E-state index contributed by atoms with van der Waals surface area (Å²) < 4.78 is 6.94. The van der Waals surface area contributed by atoms with Gasteiger partial charge in [0.2, 0.25) is 11.8 Å². The summed E-state index contributed by atoms with van der Waals surface area (Å²) in [4.78, 5) is 25.4. The van der Waals surface area contributed by atoms with Crippen molar-refractivity contribution in [2.75, 3.05) is 7.11 Å². The number of carbonyl (C=O) groups is 2. The third-order valence-corrected chi connectivity index (χ3v) is 3.94. The number of nitrogens with zero attached hydrogens (tertiary/aromatic N) is 3. The number of aryl methyl sites for hydroxylation is 2. The Morgan fingerprint density at radius 2 is 2.10 bits per heavy atom. The van der Waals surface area contributed by atoms with Gasteiger partial charge in [0.15, 0.2) is 0 Å². The summed E-state index contributed by atoms with van der Waals surface area (Å²) >= 11 is 0. The Balaban J connectivity index is 2.61. The van der Waals surface area contributed by atoms with Gasteiger partial charge < -0.3 is 14.7 Å². The largest absolute Gasteiger partial charge is 0.481 e. The first-order valence-electron chi connectivity index (χ1n) is 6.91. The zero-order valence-corrected chi connectivity index (χ0v) is 13.0. The number of likely N-dealkylation sites (tertiary alicyclic amines) is 1. The van der Waals surface area contributed by atoms with Crippen molar-refractivity contribution in [3.05, 3.63) is 11.3 Å². The summed E-state index contributed by atoms with van der Waals surface area (Å²) in [5, 5.41) is 13.8. The molecule has 0 aromatic carbocycles. The van der Waals surface area contributed by atoms with Crippen LogP contribution in [0.4, 0.5) is 0 Å². The first-order chi connectivity index (χ1) is 9.79. The molecule has 7 nitrogen and oxygen atoms in total. The van der Waals surface area contributed by atoms with Crippen molar-refractivity contribution in [2.45, 2.75) is 39.3 Å². The number of hydrogen-bond donors (Lipinski definition) is 1. The first-order valence-corrected chi connectivity index (χ1v) is 6.91. The molecule has 1 saturated heterocycles. The molecule has 0 spiro atoms. The minimum atomic E-state index is -0.971. The van der Waals surface area contributed by atoms with Crippen molar-refractivity contribution < 1.29 is 19.4 Å². The average molecular weight is 295 g/mol. The SMILES string of the molecule is COc1c(C2C(C(=O)O)CC(=O)N2C(C)C)c(C)nn1C. The average Bonchev–Trinajstić information content (AvgIpc) is 2.85. The van der Waals surface area contributed by atoms with Gasteiger partial charge in [0, 0.05) is 19.5 Å². The Labute approximate surface area is 123 Å². The number of ether oxygens (including phenoxy) is 1. The molecule has 1 aliphatic rings. The molecule has 0 saturated carbocycles. The number of carboxylic acids is 1. The van der Waals surface area contributed by atoms with Crippen LogP contribution in [0.5, 0.6) is 5.88 Å². The van der Waals surface area contributed by atoms with Gasteiger partial charge in [-0.3, -0.25) is 9.59 Å². The second-order valence-corrected chi connectivity index (χ2v) is 5.62. The molecule has 2 heterocycles. The number of carboxylic acid groups (broad SMARTS) is 1. The molecule has 1 fully saturated rings. The third kappa shape index (κ3) is 2.36. The van der Waals surface area contributed by atoms with Gasteiger partial charge in [-0.1, -0.05) is 0 Å². The zero-order chi connectivity index (χ0) is 15.9. The van der Waals surface area contributed by atoms with E-state index in [0.717, 1.165) is 0 Å². The predicted octanol–water partition coefficient (Wildman–Crippen LogP) is 1.12. The van der Waals surface area contributed by atoms with Crippen LogP contribution in [0.3, 0.4) is 0 Å². The monoisotopic (exact) mass is 295 g/mol. The second kappa shape index (κ2) is 5.38. The molecule has 7 heteroatoms. The van der Waals surface area contributed by atoms with Crippen molar-refractivity contribution in [3.8, 4) is 5.88 Å². The Morgan fingerprint density at radius 3 is 2.57 bits per heavy atom. The fourth-order valence-corrected chi connectivity index (χ4v) is 3.16. The van der Waals surface area contributed by atoms with E-state index in [1.54, 1.807) is 23.6 Å². The maximum Gasteiger partial charge on any atom is 0.309 e. The smallest absolute Gasteiger partial charge is 0.309 e. The highest BCUT2D eigenvalue weighted by atomic mass is 16.5. The number of hydrogen-bond acceptors (Lipinski definition) is 4. The highest BCUT2D eigenvalue weighted by Gasteiger charge is 2.48. The molecular formula is C14H21N3O4. The molecule has 0 bridgehead atoms. The van der Waals surface area contributed by atoms with E-state index in [1.807, 2.05) is 13.8 Å². The van der Waals surface area contributed by atoms with E-state index < -0.39 is 17.9 Å². The van der Waals surface area contributed by atoms with Crippen LogP contribution in [-0.4, -0.2) is 44.8 Å². The highest BCUT2D eigenvalue weighted by molar-refractivity contribution is 5.87. The Bertz CT molecular complexity index is 579. The molecule has 1 N–H and O–H groups in total. The first kappa shape index (κ1) is 15.3. The zero-order valence-electron chi connectivity index (χ0n) is 13.0. The lowest BCUT2D eigenvalue weighted by Crippen LogP contribution is -2.36. The lowest BCUT2D eigenvalue weighted by Gasteiger charge is -2.30. The number of rotatable bonds is 4. The molecule has 2 atom stereocenters. The van der Waals surface area contributed by atoms with Gasteiger partial charge >= 0.3 is 5.97 Å². The number of carbonyl (C=O) groups excluding carboxylic acids is 1. The molecule has 1 aliphatic heterocycles. The van der Waals surface area contributed by atoms with Crippen molar-refractivity contribution in [3.63, 3.8) is 0 Å². The molecule has 1 amide bonds. The van der Waals surface area contributed by atoms with Crippen molar-refractivity contribution >= 4 is 11.9 Å². The summed E-state index contributed by atoms with van der Waals surface area (Å²) in [6, 6.07) is -0.630. The van der Waals surface area contributed by atoms with Crippen molar-refractivity contribution in [2.24, 2.45) is 13.0 Å². The Hall–Kier alpha value is -2.05. The fraction of sp³-hybridized carbons (Fsp3) is 0.643. The number of aliphatic carboxylic acids is 1. The van der Waals surface area contributed by atoms with Gasteiger partial charge in [0.05, 0.1) is 30.3 Å². The predicted molar refractivity (Wildman–Crippen MR) is 75.0 cm³/mol. The van der Waals surface area contributed by atoms with Crippen molar-refractivity contribution in [1.29, 1.82) is 0 Å². The van der Waals surface area contributed by atoms with Crippen LogP contribution in [0.15, 0.2) is 0 Å². The van der Waals surface area contributed by atoms with Gasteiger partial charge in [-0.25, -0.2) is 4.68 Å². The summed E-state index contributed by atoms with van der Waals surface area (Å²) in [6.45, 7) is 5.57. The van der Waals surface area contributed by atoms with Crippen LogP contribution < -0.4 is 4.74 Å². The second-order valence-electron chi connectivity index (χ2n) is 5.62. The highest BCUT2D eigenvalue weighted by Crippen LogP contribution is 2.44. The van der Waals surface area contributed by atoms with Gasteiger partial charge in [-0.15, -0.1) is 0 Å². The van der Waals surface area contributed by atoms with E-state index in [9.17, 15) is 14.7 Å². The summed E-state index contributed by atoms with van der Waals surface area (Å²) in [5.41, 5.74) is 1.37. The van der Waals surface area contributed by atoms with Gasteiger partial charge in [0.25, 0.3) is 0 Å². The molecule has 0 radical (unpaired) electrons. The summed E-state index contributed by atoms with van der Waals surface area (Å²) in [6.07, 6.45) is 0.00959. The van der Waals surface area contributed by atoms with Crippen LogP contribution in [0.1, 0.15) is 37.6 Å². The normalized spacial score (nSPS) is 22.2. The van der Waals surface area contributed by atoms with Crippen LogP contribution in [-0.2, 0) is 16.6 Å². The van der Waals surface area contributed by atoms with Crippen LogP contribution in [0, 0.1) is 12.8 Å². The van der Waals surface area contributed by atoms with E-state index in [1.165, 1.54) is 7.11 Å². The van der Waals surface area contributed by atoms with Crippen LogP contribution in [0.2, 0.25) is 0 Å². The summed E-state index contributed by atoms with van der Waals surface area (Å²) in [5.74, 6) is -1.39. The molecule has 116 valence electrons. The van der Waals surface area contributed by atoms with E-state index in [2.05, 4.69) is 5.10 Å². The number of amides is 1. The standard InChI is InChI=1S/C14H21N3O4/c1-7(2)17-10(18)6-9(14(19)20)12(17)11-8(3)15-16(4)13(11)21-5/h7,9,12H,6H2,1-5H3,(H,19,20). The summed E-state index contributed by atoms with van der Waals surface area (Å²) in [7, 11) is 3.26. The fourth-order valence-electron chi connectivity index (χ4n) is 3.16. The van der Waals surface area contributed by atoms with Gasteiger partial charge in [-0.05, 0) is 20.8 Å².